The highest BCUT2D eigenvalue weighted by Gasteiger charge is 2.14. The van der Waals surface area contributed by atoms with Crippen LogP contribution in [0.15, 0.2) is 62.9 Å². The number of hydrogen-bond acceptors (Lipinski definition) is 7. The lowest BCUT2D eigenvalue weighted by molar-refractivity contribution is 0.414. The molecule has 0 saturated heterocycles. The number of methoxy groups -OCH3 is 1. The van der Waals surface area contributed by atoms with Crippen molar-refractivity contribution < 1.29 is 9.15 Å². The maximum atomic E-state index is 11.9. The molecule has 0 aliphatic heterocycles. The van der Waals surface area contributed by atoms with Gasteiger partial charge in [-0.05, 0) is 24.6 Å². The molecule has 4 aromatic rings. The molecule has 0 aliphatic carbocycles. The summed E-state index contributed by atoms with van der Waals surface area (Å²) in [5.74, 6) is 7.91. The zero-order valence-corrected chi connectivity index (χ0v) is 16.2. The smallest absolute Gasteiger partial charge is 0.336 e. The molecule has 0 unspecified atom stereocenters. The normalized spacial score (nSPS) is 11.1. The Morgan fingerprint density at radius 3 is 2.68 bits per heavy atom. The van der Waals surface area contributed by atoms with Crippen molar-refractivity contribution in [3.8, 4) is 17.1 Å². The Bertz CT molecular complexity index is 1200. The second-order valence-electron chi connectivity index (χ2n) is 6.28. The number of nitrogen functional groups attached to an aromatic ring is 1. The fraction of sp³-hybridized carbons (Fsp3) is 0.150. The number of hydrogen-bond donors (Lipinski definition) is 1. The van der Waals surface area contributed by atoms with Gasteiger partial charge in [0.15, 0.2) is 5.82 Å². The highest BCUT2D eigenvalue weighted by molar-refractivity contribution is 7.98. The number of fused-ring (bicyclic) bond motifs is 1. The Hall–Kier alpha value is -3.26. The highest BCUT2D eigenvalue weighted by Crippen LogP contribution is 2.28. The Morgan fingerprint density at radius 2 is 1.93 bits per heavy atom. The number of benzene rings is 2. The molecule has 2 aromatic carbocycles. The van der Waals surface area contributed by atoms with Crippen molar-refractivity contribution in [3.63, 3.8) is 0 Å². The zero-order valence-electron chi connectivity index (χ0n) is 15.4. The molecular formula is C20H18N4O3S. The molecule has 28 heavy (non-hydrogen) atoms. The highest BCUT2D eigenvalue weighted by atomic mass is 32.2. The Labute approximate surface area is 165 Å². The summed E-state index contributed by atoms with van der Waals surface area (Å²) in [6.07, 6.45) is 0. The van der Waals surface area contributed by atoms with E-state index in [1.165, 1.54) is 22.5 Å². The predicted octanol–water partition coefficient (Wildman–Crippen LogP) is 3.37. The van der Waals surface area contributed by atoms with Crippen LogP contribution in [0.5, 0.6) is 5.75 Å². The average molecular weight is 394 g/mol. The monoisotopic (exact) mass is 394 g/mol. The quantitative estimate of drug-likeness (QED) is 0.315. The van der Waals surface area contributed by atoms with Crippen LogP contribution in [0, 0.1) is 6.92 Å². The largest absolute Gasteiger partial charge is 0.497 e. The van der Waals surface area contributed by atoms with Crippen LogP contribution in [-0.2, 0) is 5.75 Å². The summed E-state index contributed by atoms with van der Waals surface area (Å²) in [6.45, 7) is 2.02. The zero-order chi connectivity index (χ0) is 19.7. The van der Waals surface area contributed by atoms with Gasteiger partial charge < -0.3 is 15.0 Å². The van der Waals surface area contributed by atoms with Crippen molar-refractivity contribution in [2.24, 2.45) is 0 Å². The molecule has 0 aliphatic rings. The van der Waals surface area contributed by atoms with Crippen LogP contribution in [0.4, 0.5) is 0 Å². The molecule has 0 fully saturated rings. The molecule has 0 spiro atoms. The molecule has 0 atom stereocenters. The van der Waals surface area contributed by atoms with Gasteiger partial charge in [0.1, 0.15) is 11.3 Å². The van der Waals surface area contributed by atoms with E-state index in [2.05, 4.69) is 10.2 Å². The van der Waals surface area contributed by atoms with Gasteiger partial charge in [-0.15, -0.1) is 10.2 Å². The lowest BCUT2D eigenvalue weighted by Crippen LogP contribution is -2.11. The van der Waals surface area contributed by atoms with Crippen LogP contribution in [0.1, 0.15) is 11.1 Å². The number of nitrogens with two attached hydrogens (primary N) is 1. The molecule has 2 aromatic heterocycles. The van der Waals surface area contributed by atoms with E-state index in [-0.39, 0.29) is 0 Å². The van der Waals surface area contributed by atoms with Crippen LogP contribution in [0.3, 0.4) is 0 Å². The molecule has 0 saturated carbocycles. The van der Waals surface area contributed by atoms with Crippen LogP contribution < -0.4 is 16.2 Å². The molecule has 142 valence electrons. The van der Waals surface area contributed by atoms with Gasteiger partial charge >= 0.3 is 5.63 Å². The minimum Gasteiger partial charge on any atom is -0.497 e. The number of rotatable bonds is 5. The molecular weight excluding hydrogens is 376 g/mol. The van der Waals surface area contributed by atoms with Crippen molar-refractivity contribution in [2.75, 3.05) is 13.0 Å². The summed E-state index contributed by atoms with van der Waals surface area (Å²) in [6, 6.07) is 14.8. The van der Waals surface area contributed by atoms with Gasteiger partial charge in [-0.25, -0.2) is 9.47 Å². The molecule has 4 rings (SSSR count). The second kappa shape index (κ2) is 7.40. The Kier molecular flexibility index (Phi) is 4.79. The molecule has 8 heteroatoms. The number of aryl methyl sites for hydroxylation is 1. The third-order valence-corrected chi connectivity index (χ3v) is 5.36. The second-order valence-corrected chi connectivity index (χ2v) is 7.23. The van der Waals surface area contributed by atoms with Gasteiger partial charge in [0.25, 0.3) is 0 Å². The molecule has 0 radical (unpaired) electrons. The van der Waals surface area contributed by atoms with E-state index in [1.807, 2.05) is 43.3 Å². The van der Waals surface area contributed by atoms with Crippen molar-refractivity contribution in [1.82, 2.24) is 14.9 Å². The van der Waals surface area contributed by atoms with Crippen molar-refractivity contribution in [2.45, 2.75) is 17.8 Å². The van der Waals surface area contributed by atoms with Crippen LogP contribution >= 0.6 is 11.8 Å². The van der Waals surface area contributed by atoms with Crippen LogP contribution in [0.25, 0.3) is 22.4 Å². The summed E-state index contributed by atoms with van der Waals surface area (Å²) < 4.78 is 11.9. The summed E-state index contributed by atoms with van der Waals surface area (Å²) in [5, 5.41) is 9.79. The number of ether oxygens (including phenoxy) is 1. The van der Waals surface area contributed by atoms with E-state index in [1.54, 1.807) is 13.2 Å². The molecule has 2 heterocycles. The van der Waals surface area contributed by atoms with E-state index in [9.17, 15) is 4.79 Å². The average Bonchev–Trinajstić information content (AvgIpc) is 3.06. The molecule has 7 nitrogen and oxygen atoms in total. The topological polar surface area (TPSA) is 96.2 Å². The van der Waals surface area contributed by atoms with E-state index in [0.29, 0.717) is 28.1 Å². The third-order valence-electron chi connectivity index (χ3n) is 4.37. The van der Waals surface area contributed by atoms with E-state index in [0.717, 1.165) is 22.1 Å². The fourth-order valence-corrected chi connectivity index (χ4v) is 3.72. The van der Waals surface area contributed by atoms with E-state index >= 15 is 0 Å². The number of thioether (sulfide) groups is 1. The summed E-state index contributed by atoms with van der Waals surface area (Å²) in [5.41, 5.74) is 2.96. The summed E-state index contributed by atoms with van der Waals surface area (Å²) in [7, 11) is 1.57. The first kappa shape index (κ1) is 18.1. The van der Waals surface area contributed by atoms with Crippen molar-refractivity contribution in [3.05, 3.63) is 70.1 Å². The SMILES string of the molecule is COc1ccc2c(CSc3nnc(-c4ccc(C)cc4)n3N)cc(=O)oc2c1. The van der Waals surface area contributed by atoms with Crippen LogP contribution in [-0.4, -0.2) is 22.0 Å². The van der Waals surface area contributed by atoms with Gasteiger partial charge in [-0.3, -0.25) is 0 Å². The minimum absolute atomic E-state index is 0.411. The standard InChI is InChI=1S/C20H18N4O3S/c1-12-3-5-13(6-4-12)19-22-23-20(24(19)21)28-11-14-9-18(25)27-17-10-15(26-2)7-8-16(14)17/h3-10H,11,21H2,1-2H3. The summed E-state index contributed by atoms with van der Waals surface area (Å²) in [4.78, 5) is 11.9. The lowest BCUT2D eigenvalue weighted by Gasteiger charge is -2.07. The van der Waals surface area contributed by atoms with E-state index < -0.39 is 5.63 Å². The van der Waals surface area contributed by atoms with Gasteiger partial charge in [0.2, 0.25) is 5.16 Å². The Balaban J connectivity index is 1.62. The van der Waals surface area contributed by atoms with Crippen molar-refractivity contribution >= 4 is 22.7 Å². The third kappa shape index (κ3) is 3.46. The number of aromatic nitrogens is 3. The van der Waals surface area contributed by atoms with Gasteiger partial charge in [-0.2, -0.15) is 0 Å². The van der Waals surface area contributed by atoms with Crippen molar-refractivity contribution in [1.29, 1.82) is 0 Å². The summed E-state index contributed by atoms with van der Waals surface area (Å²) >= 11 is 1.40. The molecule has 2 N–H and O–H groups in total. The van der Waals surface area contributed by atoms with Crippen LogP contribution in [0.2, 0.25) is 0 Å². The lowest BCUT2D eigenvalue weighted by atomic mass is 10.1. The van der Waals surface area contributed by atoms with Gasteiger partial charge in [0, 0.05) is 28.8 Å². The Morgan fingerprint density at radius 1 is 1.14 bits per heavy atom. The first-order valence-electron chi connectivity index (χ1n) is 8.56. The van der Waals surface area contributed by atoms with E-state index in [4.69, 9.17) is 15.0 Å². The first-order valence-corrected chi connectivity index (χ1v) is 9.55. The number of nitrogens with zero attached hydrogens (tertiary/aromatic N) is 3. The maximum Gasteiger partial charge on any atom is 0.336 e. The van der Waals surface area contributed by atoms with Gasteiger partial charge in [0.05, 0.1) is 7.11 Å². The molecule has 0 bridgehead atoms. The fourth-order valence-electron chi connectivity index (χ4n) is 2.87. The maximum absolute atomic E-state index is 11.9. The van der Waals surface area contributed by atoms with Gasteiger partial charge in [-0.1, -0.05) is 41.6 Å². The molecule has 0 amide bonds. The minimum atomic E-state index is -0.411. The first-order chi connectivity index (χ1) is 13.5. The predicted molar refractivity (Wildman–Crippen MR) is 109 cm³/mol.